The molecule has 1 fully saturated rings. The monoisotopic (exact) mass is 253 g/mol. The van der Waals surface area contributed by atoms with Gasteiger partial charge in [0, 0.05) is 42.9 Å². The maximum Gasteiger partial charge on any atom is 0.0426 e. The largest absolute Gasteiger partial charge is 0.383 e. The van der Waals surface area contributed by atoms with Crippen LogP contribution in [-0.2, 0) is 0 Å². The molecule has 0 aliphatic carbocycles. The molecule has 0 saturated carbocycles. The highest BCUT2D eigenvalue weighted by Gasteiger charge is 2.18. The second kappa shape index (κ2) is 5.71. The first kappa shape index (κ1) is 12.7. The lowest BCUT2D eigenvalue weighted by atomic mass is 10.1. The Morgan fingerprint density at radius 2 is 2.35 bits per heavy atom. The summed E-state index contributed by atoms with van der Waals surface area (Å²) in [4.78, 5) is 2.39. The van der Waals surface area contributed by atoms with Crippen LogP contribution in [0.3, 0.4) is 0 Å². The minimum Gasteiger partial charge on any atom is -0.383 e. The second-order valence-electron chi connectivity index (χ2n) is 4.68. The standard InChI is InChI=1S/C13H20ClN3/c1-10-3-4-11(14)7-13(10)16-9-12-8-15-5-6-17(12)2/h3-4,7,12,15-16H,5-6,8-9H2,1-2H3. The van der Waals surface area contributed by atoms with Crippen molar-refractivity contribution in [2.24, 2.45) is 0 Å². The fourth-order valence-electron chi connectivity index (χ4n) is 2.10. The summed E-state index contributed by atoms with van der Waals surface area (Å²) in [7, 11) is 2.18. The first-order chi connectivity index (χ1) is 8.16. The summed E-state index contributed by atoms with van der Waals surface area (Å²) in [5, 5.41) is 7.69. The third-order valence-corrected chi connectivity index (χ3v) is 3.61. The summed E-state index contributed by atoms with van der Waals surface area (Å²) >= 11 is 6.00. The van der Waals surface area contributed by atoms with E-state index in [1.165, 1.54) is 5.56 Å². The molecule has 94 valence electrons. The summed E-state index contributed by atoms with van der Waals surface area (Å²) in [5.74, 6) is 0. The van der Waals surface area contributed by atoms with Gasteiger partial charge in [0.2, 0.25) is 0 Å². The first-order valence-corrected chi connectivity index (χ1v) is 6.45. The average Bonchev–Trinajstić information content (AvgIpc) is 2.32. The van der Waals surface area contributed by atoms with Gasteiger partial charge in [0.25, 0.3) is 0 Å². The molecule has 3 nitrogen and oxygen atoms in total. The quantitative estimate of drug-likeness (QED) is 0.863. The zero-order chi connectivity index (χ0) is 12.3. The van der Waals surface area contributed by atoms with Gasteiger partial charge in [0.05, 0.1) is 0 Å². The third-order valence-electron chi connectivity index (χ3n) is 3.37. The van der Waals surface area contributed by atoms with Gasteiger partial charge in [-0.15, -0.1) is 0 Å². The van der Waals surface area contributed by atoms with Gasteiger partial charge in [-0.2, -0.15) is 0 Å². The normalized spacial score (nSPS) is 21.5. The number of rotatable bonds is 3. The van der Waals surface area contributed by atoms with Gasteiger partial charge in [-0.3, -0.25) is 4.90 Å². The molecule has 2 N–H and O–H groups in total. The van der Waals surface area contributed by atoms with Gasteiger partial charge < -0.3 is 10.6 Å². The number of nitrogens with zero attached hydrogens (tertiary/aromatic N) is 1. The number of nitrogens with one attached hydrogen (secondary N) is 2. The maximum atomic E-state index is 6.00. The molecule has 1 unspecified atom stereocenters. The highest BCUT2D eigenvalue weighted by atomic mass is 35.5. The van der Waals surface area contributed by atoms with Crippen LogP contribution in [0.2, 0.25) is 5.02 Å². The van der Waals surface area contributed by atoms with E-state index in [0.717, 1.165) is 36.9 Å². The van der Waals surface area contributed by atoms with Crippen LogP contribution in [0.25, 0.3) is 0 Å². The predicted molar refractivity (Wildman–Crippen MR) is 74.0 cm³/mol. The summed E-state index contributed by atoms with van der Waals surface area (Å²) in [6.07, 6.45) is 0. The van der Waals surface area contributed by atoms with Crippen LogP contribution in [0.4, 0.5) is 5.69 Å². The zero-order valence-electron chi connectivity index (χ0n) is 10.5. The molecule has 0 spiro atoms. The Kier molecular flexibility index (Phi) is 4.26. The Morgan fingerprint density at radius 3 is 3.12 bits per heavy atom. The number of piperazine rings is 1. The highest BCUT2D eigenvalue weighted by Crippen LogP contribution is 2.20. The molecule has 2 rings (SSSR count). The van der Waals surface area contributed by atoms with Crippen LogP contribution in [-0.4, -0.2) is 44.2 Å². The molecule has 4 heteroatoms. The molecular formula is C13H20ClN3. The van der Waals surface area contributed by atoms with Gasteiger partial charge in [0.1, 0.15) is 0 Å². The fraction of sp³-hybridized carbons (Fsp3) is 0.538. The zero-order valence-corrected chi connectivity index (χ0v) is 11.2. The van der Waals surface area contributed by atoms with Crippen LogP contribution in [0.15, 0.2) is 18.2 Å². The topological polar surface area (TPSA) is 27.3 Å². The first-order valence-electron chi connectivity index (χ1n) is 6.08. The van der Waals surface area contributed by atoms with Gasteiger partial charge in [-0.25, -0.2) is 0 Å². The Bertz CT molecular complexity index is 381. The Morgan fingerprint density at radius 1 is 1.53 bits per heavy atom. The van der Waals surface area contributed by atoms with E-state index in [4.69, 9.17) is 11.6 Å². The van der Waals surface area contributed by atoms with Crippen molar-refractivity contribution in [3.63, 3.8) is 0 Å². The molecular weight excluding hydrogens is 234 g/mol. The van der Waals surface area contributed by atoms with Crippen molar-refractivity contribution in [1.82, 2.24) is 10.2 Å². The van der Waals surface area contributed by atoms with E-state index in [0.29, 0.717) is 6.04 Å². The number of benzene rings is 1. The van der Waals surface area contributed by atoms with E-state index in [1.807, 2.05) is 18.2 Å². The number of hydrogen-bond acceptors (Lipinski definition) is 3. The Labute approximate surface area is 108 Å². The Hall–Kier alpha value is -0.770. The summed E-state index contributed by atoms with van der Waals surface area (Å²) in [6, 6.07) is 6.51. The van der Waals surface area contributed by atoms with Crippen molar-refractivity contribution in [1.29, 1.82) is 0 Å². The number of anilines is 1. The van der Waals surface area contributed by atoms with Gasteiger partial charge in [-0.05, 0) is 31.7 Å². The highest BCUT2D eigenvalue weighted by molar-refractivity contribution is 6.30. The molecule has 0 radical (unpaired) electrons. The molecule has 0 aromatic heterocycles. The summed E-state index contributed by atoms with van der Waals surface area (Å²) in [6.45, 7) is 6.29. The molecule has 0 amide bonds. The maximum absolute atomic E-state index is 6.00. The number of likely N-dealkylation sites (N-methyl/N-ethyl adjacent to an activating group) is 1. The van der Waals surface area contributed by atoms with Crippen molar-refractivity contribution in [3.8, 4) is 0 Å². The van der Waals surface area contributed by atoms with Gasteiger partial charge in [-0.1, -0.05) is 17.7 Å². The van der Waals surface area contributed by atoms with Crippen molar-refractivity contribution >= 4 is 17.3 Å². The van der Waals surface area contributed by atoms with E-state index in [9.17, 15) is 0 Å². The number of aryl methyl sites for hydroxylation is 1. The van der Waals surface area contributed by atoms with Crippen molar-refractivity contribution < 1.29 is 0 Å². The van der Waals surface area contributed by atoms with E-state index >= 15 is 0 Å². The van der Waals surface area contributed by atoms with Crippen LogP contribution in [0.5, 0.6) is 0 Å². The molecule has 17 heavy (non-hydrogen) atoms. The minimum atomic E-state index is 0.544. The predicted octanol–water partition coefficient (Wildman–Crippen LogP) is 1.96. The lowest BCUT2D eigenvalue weighted by Crippen LogP contribution is -2.52. The molecule has 1 aromatic rings. The van der Waals surface area contributed by atoms with Crippen molar-refractivity contribution in [2.75, 3.05) is 38.5 Å². The smallest absolute Gasteiger partial charge is 0.0426 e. The lowest BCUT2D eigenvalue weighted by Gasteiger charge is -2.33. The SMILES string of the molecule is Cc1ccc(Cl)cc1NCC1CNCCN1C. The number of hydrogen-bond donors (Lipinski definition) is 2. The van der Waals surface area contributed by atoms with Crippen molar-refractivity contribution in [3.05, 3.63) is 28.8 Å². The van der Waals surface area contributed by atoms with E-state index in [2.05, 4.69) is 29.5 Å². The fourth-order valence-corrected chi connectivity index (χ4v) is 2.28. The van der Waals surface area contributed by atoms with Crippen LogP contribution >= 0.6 is 11.6 Å². The Balaban J connectivity index is 1.94. The molecule has 1 heterocycles. The molecule has 1 aliphatic heterocycles. The van der Waals surface area contributed by atoms with E-state index < -0.39 is 0 Å². The van der Waals surface area contributed by atoms with E-state index in [-0.39, 0.29) is 0 Å². The third kappa shape index (κ3) is 3.35. The average molecular weight is 254 g/mol. The molecule has 1 aliphatic rings. The van der Waals surface area contributed by atoms with Gasteiger partial charge >= 0.3 is 0 Å². The summed E-state index contributed by atoms with van der Waals surface area (Å²) in [5.41, 5.74) is 2.37. The molecule has 1 atom stereocenters. The van der Waals surface area contributed by atoms with Crippen molar-refractivity contribution in [2.45, 2.75) is 13.0 Å². The van der Waals surface area contributed by atoms with Crippen LogP contribution in [0, 0.1) is 6.92 Å². The van der Waals surface area contributed by atoms with Gasteiger partial charge in [0.15, 0.2) is 0 Å². The second-order valence-corrected chi connectivity index (χ2v) is 5.12. The number of halogens is 1. The summed E-state index contributed by atoms with van der Waals surface area (Å²) < 4.78 is 0. The molecule has 0 bridgehead atoms. The minimum absolute atomic E-state index is 0.544. The molecule has 1 saturated heterocycles. The lowest BCUT2D eigenvalue weighted by molar-refractivity contribution is 0.209. The van der Waals surface area contributed by atoms with Crippen LogP contribution in [0.1, 0.15) is 5.56 Å². The molecule has 1 aromatic carbocycles. The van der Waals surface area contributed by atoms with E-state index in [1.54, 1.807) is 0 Å². The van der Waals surface area contributed by atoms with Crippen LogP contribution < -0.4 is 10.6 Å².